The van der Waals surface area contributed by atoms with Crippen molar-refractivity contribution in [3.8, 4) is 11.8 Å². The Morgan fingerprint density at radius 3 is 2.19 bits per heavy atom. The molecule has 0 aromatic rings. The number of carbonyl (C=O) groups is 1. The Bertz CT molecular complexity index is 416. The van der Waals surface area contributed by atoms with Gasteiger partial charge in [-0.25, -0.2) is 0 Å². The topological polar surface area (TPSA) is 68.8 Å². The fourth-order valence-corrected chi connectivity index (χ4v) is 3.65. The van der Waals surface area contributed by atoms with Crippen molar-refractivity contribution in [2.75, 3.05) is 59.4 Å². The third-order valence-electron chi connectivity index (χ3n) is 3.21. The molecule has 31 heavy (non-hydrogen) atoms. The van der Waals surface area contributed by atoms with E-state index in [4.69, 9.17) is 14.2 Å². The van der Waals surface area contributed by atoms with Gasteiger partial charge in [-0.05, 0) is 32.7 Å². The summed E-state index contributed by atoms with van der Waals surface area (Å²) in [7, 11) is 5.44. The van der Waals surface area contributed by atoms with Crippen molar-refractivity contribution in [1.29, 1.82) is 0 Å². The summed E-state index contributed by atoms with van der Waals surface area (Å²) in [4.78, 5) is 11.6. The molecule has 6 nitrogen and oxygen atoms in total. The van der Waals surface area contributed by atoms with Crippen LogP contribution in [-0.4, -0.2) is 70.8 Å². The van der Waals surface area contributed by atoms with E-state index in [1.165, 1.54) is 0 Å². The Morgan fingerprint density at radius 1 is 1.00 bits per heavy atom. The quantitative estimate of drug-likeness (QED) is 0.137. The lowest BCUT2D eigenvalue weighted by Gasteiger charge is -2.16. The molecule has 186 valence electrons. The lowest BCUT2D eigenvalue weighted by molar-refractivity contribution is -0.122. The second-order valence-electron chi connectivity index (χ2n) is 6.04. The Morgan fingerprint density at radius 2 is 1.61 bits per heavy atom. The predicted molar refractivity (Wildman–Crippen MR) is 139 cm³/mol. The van der Waals surface area contributed by atoms with Crippen LogP contribution in [0.2, 0.25) is 0 Å². The van der Waals surface area contributed by atoms with Gasteiger partial charge in [-0.1, -0.05) is 75.0 Å². The normalized spacial score (nSPS) is 10.7. The average Bonchev–Trinajstić information content (AvgIpc) is 2.78. The van der Waals surface area contributed by atoms with Crippen molar-refractivity contribution in [1.82, 2.24) is 10.6 Å². The van der Waals surface area contributed by atoms with E-state index >= 15 is 0 Å². The molecule has 1 unspecified atom stereocenters. The summed E-state index contributed by atoms with van der Waals surface area (Å²) in [5, 5.41) is 5.90. The van der Waals surface area contributed by atoms with E-state index in [9.17, 15) is 4.79 Å². The summed E-state index contributed by atoms with van der Waals surface area (Å²) in [6.07, 6.45) is 4.53. The molecule has 0 aliphatic rings. The molecular formula is C23H48N2O4S2. The molecule has 0 rings (SSSR count). The molecule has 0 heterocycles. The number of hydrogen-bond donors (Lipinski definition) is 2. The highest BCUT2D eigenvalue weighted by atomic mass is 33.1. The van der Waals surface area contributed by atoms with Gasteiger partial charge >= 0.3 is 0 Å². The van der Waals surface area contributed by atoms with E-state index in [-0.39, 0.29) is 11.3 Å². The van der Waals surface area contributed by atoms with Crippen LogP contribution < -0.4 is 10.6 Å². The number of ether oxygens (including phenoxy) is 3. The van der Waals surface area contributed by atoms with Gasteiger partial charge in [-0.15, -0.1) is 0 Å². The highest BCUT2D eigenvalue weighted by molar-refractivity contribution is 8.76. The highest BCUT2D eigenvalue weighted by Crippen LogP contribution is 2.27. The maximum Gasteiger partial charge on any atom is 0.223 e. The van der Waals surface area contributed by atoms with Crippen LogP contribution in [0.15, 0.2) is 0 Å². The van der Waals surface area contributed by atoms with E-state index in [2.05, 4.69) is 28.7 Å². The van der Waals surface area contributed by atoms with E-state index in [0.717, 1.165) is 19.4 Å². The van der Waals surface area contributed by atoms with Crippen LogP contribution in [0.4, 0.5) is 0 Å². The minimum absolute atomic E-state index is 0.0435. The Balaban J connectivity index is -0.00000184. The molecule has 2 N–H and O–H groups in total. The molecule has 0 fully saturated rings. The van der Waals surface area contributed by atoms with Crippen LogP contribution in [0.25, 0.3) is 0 Å². The number of amides is 1. The molecular weight excluding hydrogens is 432 g/mol. The molecule has 0 spiro atoms. The van der Waals surface area contributed by atoms with Crippen LogP contribution in [0, 0.1) is 17.8 Å². The molecule has 0 aliphatic carbocycles. The molecule has 0 aromatic carbocycles. The Labute approximate surface area is 200 Å². The zero-order chi connectivity index (χ0) is 24.2. The van der Waals surface area contributed by atoms with Crippen LogP contribution >= 0.6 is 21.6 Å². The van der Waals surface area contributed by atoms with Gasteiger partial charge in [0, 0.05) is 12.3 Å². The van der Waals surface area contributed by atoms with Gasteiger partial charge in [-0.2, -0.15) is 0 Å². The summed E-state index contributed by atoms with van der Waals surface area (Å²) in [6.45, 7) is 15.9. The van der Waals surface area contributed by atoms with Crippen LogP contribution in [0.5, 0.6) is 0 Å². The van der Waals surface area contributed by atoms with Crippen molar-refractivity contribution < 1.29 is 19.0 Å². The maximum absolute atomic E-state index is 11.6. The van der Waals surface area contributed by atoms with Crippen molar-refractivity contribution in [3.63, 3.8) is 0 Å². The zero-order valence-electron chi connectivity index (χ0n) is 21.2. The standard InChI is InChI=1S/C19H36N2O4S2.2C2H6/c1-17(2)7-5-11-21-18(22)9-12-23-13-14-24-15-16-25-19(27-26-4)8-6-10-20-3;2*1-2/h17,19-20H,6,8-16H2,1-4H3,(H,21,22);2*1-2H3. The molecule has 0 bridgehead atoms. The first kappa shape index (κ1) is 35.2. The summed E-state index contributed by atoms with van der Waals surface area (Å²) >= 11 is 0. The van der Waals surface area contributed by atoms with E-state index in [0.29, 0.717) is 51.9 Å². The summed E-state index contributed by atoms with van der Waals surface area (Å²) < 4.78 is 16.7. The SMILES string of the molecule is CC.CC.CNCCCC(OCCOCCOCCC(=O)NCC#CC(C)C)SSC. The van der Waals surface area contributed by atoms with Gasteiger partial charge in [0.25, 0.3) is 0 Å². The number of nitrogens with one attached hydrogen (secondary N) is 2. The summed E-state index contributed by atoms with van der Waals surface area (Å²) in [6, 6.07) is 0. The maximum atomic E-state index is 11.6. The highest BCUT2D eigenvalue weighted by Gasteiger charge is 2.08. The Kier molecular flexibility index (Phi) is 36.0. The first-order valence-corrected chi connectivity index (χ1v) is 14.1. The van der Waals surface area contributed by atoms with Gasteiger partial charge in [-0.3, -0.25) is 4.79 Å². The smallest absolute Gasteiger partial charge is 0.223 e. The van der Waals surface area contributed by atoms with Crippen molar-refractivity contribution in [2.24, 2.45) is 5.92 Å². The molecule has 1 amide bonds. The molecule has 0 saturated heterocycles. The van der Waals surface area contributed by atoms with Gasteiger partial charge in [0.15, 0.2) is 0 Å². The van der Waals surface area contributed by atoms with Crippen molar-refractivity contribution >= 4 is 27.5 Å². The van der Waals surface area contributed by atoms with Crippen molar-refractivity contribution in [2.45, 2.75) is 66.2 Å². The number of hydrogen-bond acceptors (Lipinski definition) is 7. The van der Waals surface area contributed by atoms with Gasteiger partial charge < -0.3 is 24.8 Å². The second-order valence-corrected chi connectivity index (χ2v) is 8.67. The monoisotopic (exact) mass is 480 g/mol. The fourth-order valence-electron chi connectivity index (χ4n) is 1.92. The van der Waals surface area contributed by atoms with E-state index in [1.54, 1.807) is 21.6 Å². The average molecular weight is 481 g/mol. The van der Waals surface area contributed by atoms with Gasteiger partial charge in [0.1, 0.15) is 5.44 Å². The predicted octanol–water partition coefficient (Wildman–Crippen LogP) is 4.59. The van der Waals surface area contributed by atoms with E-state index < -0.39 is 0 Å². The van der Waals surface area contributed by atoms with Crippen LogP contribution in [-0.2, 0) is 19.0 Å². The first-order chi connectivity index (χ1) is 15.1. The summed E-state index contributed by atoms with van der Waals surface area (Å²) in [5.74, 6) is 6.20. The minimum atomic E-state index is -0.0435. The van der Waals surface area contributed by atoms with Gasteiger partial charge in [0.2, 0.25) is 5.91 Å². The number of rotatable bonds is 17. The van der Waals surface area contributed by atoms with Crippen molar-refractivity contribution in [3.05, 3.63) is 0 Å². The van der Waals surface area contributed by atoms with Crippen LogP contribution in [0.3, 0.4) is 0 Å². The van der Waals surface area contributed by atoms with E-state index in [1.807, 2.05) is 48.6 Å². The van der Waals surface area contributed by atoms with Crippen LogP contribution in [0.1, 0.15) is 60.8 Å². The molecule has 1 atom stereocenters. The Hall–Kier alpha value is -0.430. The lowest BCUT2D eigenvalue weighted by atomic mass is 10.2. The second kappa shape index (κ2) is 31.8. The first-order valence-electron chi connectivity index (χ1n) is 11.5. The lowest BCUT2D eigenvalue weighted by Crippen LogP contribution is -2.25. The largest absolute Gasteiger partial charge is 0.379 e. The fraction of sp³-hybridized carbons (Fsp3) is 0.870. The molecule has 8 heteroatoms. The molecule has 0 saturated carbocycles. The van der Waals surface area contributed by atoms with Gasteiger partial charge in [0.05, 0.1) is 39.6 Å². The third kappa shape index (κ3) is 31.8. The molecule has 0 aliphatic heterocycles. The third-order valence-corrected chi connectivity index (χ3v) is 5.21. The zero-order valence-corrected chi connectivity index (χ0v) is 22.8. The minimum Gasteiger partial charge on any atom is -0.379 e. The number of carbonyl (C=O) groups excluding carboxylic acids is 1. The molecule has 0 aromatic heterocycles. The molecule has 0 radical (unpaired) electrons. The summed E-state index contributed by atoms with van der Waals surface area (Å²) in [5.41, 5.74) is 0.206.